The average Bonchev–Trinajstić information content (AvgIpc) is 2.99. The first-order valence-electron chi connectivity index (χ1n) is 8.16. The van der Waals surface area contributed by atoms with Crippen molar-refractivity contribution in [3.05, 3.63) is 53.3 Å². The van der Waals surface area contributed by atoms with Crippen LogP contribution in [0, 0.1) is 0 Å². The summed E-state index contributed by atoms with van der Waals surface area (Å²) in [5.74, 6) is 0.448. The van der Waals surface area contributed by atoms with E-state index in [1.54, 1.807) is 16.9 Å². The number of hydrogen-bond donors (Lipinski definition) is 2. The molecule has 7 heteroatoms. The van der Waals surface area contributed by atoms with Crippen LogP contribution in [0.2, 0.25) is 5.15 Å². The van der Waals surface area contributed by atoms with E-state index in [0.717, 1.165) is 16.5 Å². The molecule has 0 saturated heterocycles. The molecule has 0 aliphatic carbocycles. The molecule has 0 aliphatic heterocycles. The Morgan fingerprint density at radius 1 is 1.32 bits per heavy atom. The predicted octanol–water partition coefficient (Wildman–Crippen LogP) is 2.84. The topological polar surface area (TPSA) is 86.2 Å². The highest BCUT2D eigenvalue weighted by Crippen LogP contribution is 2.26. The van der Waals surface area contributed by atoms with Crippen molar-refractivity contribution in [2.75, 3.05) is 6.61 Å². The molecule has 25 heavy (non-hydrogen) atoms. The number of aliphatic hydroxyl groups excluding tert-OH is 1. The molecule has 2 atom stereocenters. The molecule has 132 valence electrons. The van der Waals surface area contributed by atoms with E-state index >= 15 is 0 Å². The first-order chi connectivity index (χ1) is 12.1. The van der Waals surface area contributed by atoms with Gasteiger partial charge in [0.2, 0.25) is 5.88 Å². The first kappa shape index (κ1) is 17.7. The Kier molecular flexibility index (Phi) is 5.53. The zero-order valence-corrected chi connectivity index (χ0v) is 14.7. The highest BCUT2D eigenvalue weighted by atomic mass is 35.5. The lowest BCUT2D eigenvalue weighted by Crippen LogP contribution is -2.26. The van der Waals surface area contributed by atoms with E-state index in [4.69, 9.17) is 22.1 Å². The van der Waals surface area contributed by atoms with Crippen molar-refractivity contribution in [3.63, 3.8) is 0 Å². The molecule has 0 aliphatic rings. The lowest BCUT2D eigenvalue weighted by molar-refractivity contribution is 0.125. The fraction of sp³-hybridized carbons (Fsp3) is 0.333. The van der Waals surface area contributed by atoms with Crippen LogP contribution in [0.5, 0.6) is 5.88 Å². The van der Waals surface area contributed by atoms with Crippen molar-refractivity contribution in [1.29, 1.82) is 0 Å². The number of aromatic nitrogens is 3. The quantitative estimate of drug-likeness (QED) is 0.500. The first-order valence-corrected chi connectivity index (χ1v) is 8.53. The number of pyridine rings is 1. The number of aliphatic hydroxyl groups is 1. The molecule has 1 aromatic carbocycles. The monoisotopic (exact) mass is 360 g/mol. The van der Waals surface area contributed by atoms with Crippen LogP contribution in [0.1, 0.15) is 24.4 Å². The Morgan fingerprint density at radius 2 is 2.08 bits per heavy atom. The van der Waals surface area contributed by atoms with Gasteiger partial charge in [-0.2, -0.15) is 10.1 Å². The van der Waals surface area contributed by atoms with Crippen molar-refractivity contribution < 1.29 is 9.84 Å². The Hall–Kier alpha value is -2.15. The lowest BCUT2D eigenvalue weighted by Gasteiger charge is -2.19. The lowest BCUT2D eigenvalue weighted by atomic mass is 9.99. The van der Waals surface area contributed by atoms with Crippen LogP contribution < -0.4 is 10.5 Å². The van der Waals surface area contributed by atoms with Gasteiger partial charge in [-0.15, -0.1) is 0 Å². The number of aryl methyl sites for hydroxylation is 1. The third-order valence-corrected chi connectivity index (χ3v) is 4.33. The summed E-state index contributed by atoms with van der Waals surface area (Å²) < 4.78 is 7.47. The number of nitrogens with zero attached hydrogens (tertiary/aromatic N) is 3. The van der Waals surface area contributed by atoms with Crippen LogP contribution in [-0.2, 0) is 7.05 Å². The van der Waals surface area contributed by atoms with Gasteiger partial charge in [0.15, 0.2) is 0 Å². The number of rotatable bonds is 7. The molecule has 3 aromatic rings. The van der Waals surface area contributed by atoms with Crippen LogP contribution in [0.4, 0.5) is 0 Å². The van der Waals surface area contributed by atoms with Gasteiger partial charge in [0, 0.05) is 12.4 Å². The van der Waals surface area contributed by atoms with E-state index < -0.39 is 12.1 Å². The van der Waals surface area contributed by atoms with Gasteiger partial charge in [-0.25, -0.2) is 0 Å². The summed E-state index contributed by atoms with van der Waals surface area (Å²) >= 11 is 6.02. The molecule has 0 bridgehead atoms. The minimum absolute atomic E-state index is 0.363. The van der Waals surface area contributed by atoms with E-state index in [0.29, 0.717) is 30.5 Å². The highest BCUT2D eigenvalue weighted by Gasteiger charge is 2.16. The fourth-order valence-electron chi connectivity index (χ4n) is 2.77. The molecule has 0 spiro atoms. The van der Waals surface area contributed by atoms with E-state index in [1.807, 2.05) is 37.4 Å². The van der Waals surface area contributed by atoms with Crippen molar-refractivity contribution in [2.24, 2.45) is 12.8 Å². The largest absolute Gasteiger partial charge is 0.476 e. The van der Waals surface area contributed by atoms with Crippen LogP contribution in [-0.4, -0.2) is 32.6 Å². The molecule has 0 radical (unpaired) electrons. The third kappa shape index (κ3) is 4.10. The Labute approximate surface area is 151 Å². The zero-order valence-electron chi connectivity index (χ0n) is 14.0. The van der Waals surface area contributed by atoms with Gasteiger partial charge in [-0.3, -0.25) is 4.68 Å². The number of benzene rings is 1. The van der Waals surface area contributed by atoms with Gasteiger partial charge >= 0.3 is 0 Å². The highest BCUT2D eigenvalue weighted by molar-refractivity contribution is 6.30. The summed E-state index contributed by atoms with van der Waals surface area (Å²) in [5, 5.41) is 15.7. The van der Waals surface area contributed by atoms with Crippen LogP contribution in [0.3, 0.4) is 0 Å². The van der Waals surface area contributed by atoms with Crippen LogP contribution in [0.15, 0.2) is 42.6 Å². The van der Waals surface area contributed by atoms with Gasteiger partial charge in [-0.1, -0.05) is 41.9 Å². The average molecular weight is 361 g/mol. The molecule has 2 heterocycles. The second-order valence-electron chi connectivity index (χ2n) is 5.95. The van der Waals surface area contributed by atoms with Crippen molar-refractivity contribution in [3.8, 4) is 5.88 Å². The van der Waals surface area contributed by atoms with Gasteiger partial charge in [0.05, 0.1) is 24.9 Å². The molecule has 6 nitrogen and oxygen atoms in total. The minimum Gasteiger partial charge on any atom is -0.476 e. The van der Waals surface area contributed by atoms with Crippen molar-refractivity contribution >= 4 is 22.5 Å². The van der Waals surface area contributed by atoms with E-state index in [-0.39, 0.29) is 0 Å². The molecule has 0 fully saturated rings. The smallest absolute Gasteiger partial charge is 0.241 e. The van der Waals surface area contributed by atoms with E-state index in [9.17, 15) is 5.11 Å². The SMILES string of the molecule is Cn1ncc2cc(Cl)nc(OCCCC(O)C(N)c3ccccc3)c21. The number of hydrogen-bond acceptors (Lipinski definition) is 5. The van der Waals surface area contributed by atoms with Gasteiger partial charge < -0.3 is 15.6 Å². The normalized spacial score (nSPS) is 13.8. The van der Waals surface area contributed by atoms with E-state index in [2.05, 4.69) is 10.1 Å². The number of fused-ring (bicyclic) bond motifs is 1. The Balaban J connectivity index is 1.56. The number of ether oxygens (including phenoxy) is 1. The van der Waals surface area contributed by atoms with E-state index in [1.165, 1.54) is 0 Å². The van der Waals surface area contributed by atoms with Crippen molar-refractivity contribution in [1.82, 2.24) is 14.8 Å². The van der Waals surface area contributed by atoms with Gasteiger partial charge in [-0.05, 0) is 24.5 Å². The molecule has 0 amide bonds. The predicted molar refractivity (Wildman–Crippen MR) is 97.6 cm³/mol. The summed E-state index contributed by atoms with van der Waals surface area (Å²) in [6.45, 7) is 0.409. The number of nitrogens with two attached hydrogens (primary N) is 1. The molecule has 0 saturated carbocycles. The molecule has 2 aromatic heterocycles. The summed E-state index contributed by atoms with van der Waals surface area (Å²) in [7, 11) is 1.83. The molecule has 2 unspecified atom stereocenters. The Morgan fingerprint density at radius 3 is 2.84 bits per heavy atom. The van der Waals surface area contributed by atoms with Crippen LogP contribution in [0.25, 0.3) is 10.9 Å². The maximum Gasteiger partial charge on any atom is 0.241 e. The summed E-state index contributed by atoms with van der Waals surface area (Å²) in [6.07, 6.45) is 2.27. The van der Waals surface area contributed by atoms with Gasteiger partial charge in [0.1, 0.15) is 10.7 Å². The summed E-state index contributed by atoms with van der Waals surface area (Å²) in [6, 6.07) is 10.9. The zero-order chi connectivity index (χ0) is 17.8. The summed E-state index contributed by atoms with van der Waals surface area (Å²) in [5.41, 5.74) is 7.82. The molecular weight excluding hydrogens is 340 g/mol. The van der Waals surface area contributed by atoms with Crippen molar-refractivity contribution in [2.45, 2.75) is 25.0 Å². The standard InChI is InChI=1S/C18H21ClN4O2/c1-23-17-13(11-21-23)10-15(19)22-18(17)25-9-5-8-14(24)16(20)12-6-3-2-4-7-12/h2-4,6-7,10-11,14,16,24H,5,8-9,20H2,1H3. The summed E-state index contributed by atoms with van der Waals surface area (Å²) in [4.78, 5) is 4.23. The second-order valence-corrected chi connectivity index (χ2v) is 6.34. The van der Waals surface area contributed by atoms with Gasteiger partial charge in [0.25, 0.3) is 0 Å². The maximum absolute atomic E-state index is 10.3. The van der Waals surface area contributed by atoms with Crippen LogP contribution >= 0.6 is 11.6 Å². The third-order valence-electron chi connectivity index (χ3n) is 4.13. The molecule has 3 rings (SSSR count). The molecule has 3 N–H and O–H groups in total. The Bertz CT molecular complexity index is 838. The molecular formula is C18H21ClN4O2. The number of halogens is 1. The second kappa shape index (κ2) is 7.82. The minimum atomic E-state index is -0.630. The fourth-order valence-corrected chi connectivity index (χ4v) is 2.97. The maximum atomic E-state index is 10.3.